The minimum absolute atomic E-state index is 0.230. The van der Waals surface area contributed by atoms with Crippen LogP contribution in [0.15, 0.2) is 42.6 Å². The van der Waals surface area contributed by atoms with Crippen molar-refractivity contribution in [2.45, 2.75) is 19.8 Å². The summed E-state index contributed by atoms with van der Waals surface area (Å²) in [6.45, 7) is 4.12. The summed E-state index contributed by atoms with van der Waals surface area (Å²) in [6.07, 6.45) is 1.74. The van der Waals surface area contributed by atoms with E-state index in [4.69, 9.17) is 10.2 Å². The van der Waals surface area contributed by atoms with Crippen LogP contribution in [0.2, 0.25) is 0 Å². The van der Waals surface area contributed by atoms with Crippen LogP contribution >= 0.6 is 0 Å². The Kier molecular flexibility index (Phi) is 3.33. The minimum atomic E-state index is 0.230. The Morgan fingerprint density at radius 1 is 1.05 bits per heavy atom. The Morgan fingerprint density at radius 2 is 1.81 bits per heavy atom. The van der Waals surface area contributed by atoms with Gasteiger partial charge in [-0.05, 0) is 24.3 Å². The maximum absolute atomic E-state index is 8.90. The van der Waals surface area contributed by atoms with Gasteiger partial charge in [-0.1, -0.05) is 26.0 Å². The number of pyridine rings is 1. The molecule has 0 saturated heterocycles. The zero-order valence-corrected chi connectivity index (χ0v) is 11.9. The molecule has 21 heavy (non-hydrogen) atoms. The van der Waals surface area contributed by atoms with Crippen molar-refractivity contribution in [2.75, 3.05) is 0 Å². The van der Waals surface area contributed by atoms with Crippen molar-refractivity contribution in [3.63, 3.8) is 0 Å². The Hall–Kier alpha value is -2.80. The summed E-state index contributed by atoms with van der Waals surface area (Å²) >= 11 is 0. The second-order valence-corrected chi connectivity index (χ2v) is 5.15. The van der Waals surface area contributed by atoms with Gasteiger partial charge < -0.3 is 0 Å². The van der Waals surface area contributed by atoms with E-state index in [9.17, 15) is 0 Å². The van der Waals surface area contributed by atoms with Crippen LogP contribution in [0.25, 0.3) is 22.3 Å². The zero-order chi connectivity index (χ0) is 14.8. The van der Waals surface area contributed by atoms with Gasteiger partial charge in [0.05, 0.1) is 17.3 Å². The van der Waals surface area contributed by atoms with Crippen molar-refractivity contribution in [1.82, 2.24) is 15.0 Å². The van der Waals surface area contributed by atoms with E-state index in [-0.39, 0.29) is 5.92 Å². The molecule has 0 bridgehead atoms. The van der Waals surface area contributed by atoms with E-state index in [2.05, 4.69) is 29.9 Å². The summed E-state index contributed by atoms with van der Waals surface area (Å²) < 4.78 is 0. The Morgan fingerprint density at radius 3 is 2.48 bits per heavy atom. The first-order valence-corrected chi connectivity index (χ1v) is 6.82. The molecule has 0 aliphatic rings. The average Bonchev–Trinajstić information content (AvgIpc) is 2.54. The molecule has 0 unspecified atom stereocenters. The third kappa shape index (κ3) is 2.46. The zero-order valence-electron chi connectivity index (χ0n) is 11.9. The molecular formula is C17H14N4. The highest BCUT2D eigenvalue weighted by atomic mass is 14.9. The molecule has 0 atom stereocenters. The van der Waals surface area contributed by atoms with Gasteiger partial charge in [0.1, 0.15) is 5.82 Å². The van der Waals surface area contributed by atoms with Crippen LogP contribution in [0, 0.1) is 11.3 Å². The van der Waals surface area contributed by atoms with E-state index in [1.165, 1.54) is 0 Å². The molecule has 0 amide bonds. The predicted molar refractivity (Wildman–Crippen MR) is 81.6 cm³/mol. The molecular weight excluding hydrogens is 260 g/mol. The maximum Gasteiger partial charge on any atom is 0.163 e. The molecule has 2 heterocycles. The number of benzene rings is 1. The first-order chi connectivity index (χ1) is 10.2. The number of aromatic nitrogens is 3. The fraction of sp³-hybridized carbons (Fsp3) is 0.176. The van der Waals surface area contributed by atoms with Gasteiger partial charge in [-0.2, -0.15) is 5.26 Å². The lowest BCUT2D eigenvalue weighted by atomic mass is 10.1. The molecule has 3 rings (SSSR count). The van der Waals surface area contributed by atoms with Crippen molar-refractivity contribution in [3.05, 3.63) is 54.0 Å². The van der Waals surface area contributed by atoms with E-state index in [1.807, 2.05) is 24.3 Å². The van der Waals surface area contributed by atoms with E-state index in [0.29, 0.717) is 11.2 Å². The Balaban J connectivity index is 2.26. The molecule has 4 heteroatoms. The highest BCUT2D eigenvalue weighted by Gasteiger charge is 2.12. The van der Waals surface area contributed by atoms with Gasteiger partial charge in [0.25, 0.3) is 0 Å². The van der Waals surface area contributed by atoms with Gasteiger partial charge in [0.15, 0.2) is 5.65 Å². The summed E-state index contributed by atoms with van der Waals surface area (Å²) in [6, 6.07) is 13.4. The highest BCUT2D eigenvalue weighted by Crippen LogP contribution is 2.26. The molecule has 0 saturated carbocycles. The van der Waals surface area contributed by atoms with Gasteiger partial charge in [0, 0.05) is 23.1 Å². The number of hydrogen-bond donors (Lipinski definition) is 0. The molecule has 0 aliphatic heterocycles. The van der Waals surface area contributed by atoms with Crippen LogP contribution in [-0.4, -0.2) is 15.0 Å². The van der Waals surface area contributed by atoms with Crippen LogP contribution in [0.4, 0.5) is 0 Å². The maximum atomic E-state index is 8.90. The Bertz CT molecular complexity index is 830. The molecule has 102 valence electrons. The molecule has 0 aliphatic carbocycles. The van der Waals surface area contributed by atoms with Crippen LogP contribution in [0.1, 0.15) is 31.2 Å². The monoisotopic (exact) mass is 274 g/mol. The fourth-order valence-corrected chi connectivity index (χ4v) is 2.16. The number of nitrogens with zero attached hydrogens (tertiary/aromatic N) is 4. The SMILES string of the molecule is CC(C)c1nc(-c2ccc(C#N)cc2)c2cccnc2n1. The van der Waals surface area contributed by atoms with E-state index >= 15 is 0 Å². The lowest BCUT2D eigenvalue weighted by Crippen LogP contribution is -2.01. The molecule has 0 spiro atoms. The first kappa shape index (κ1) is 13.2. The van der Waals surface area contributed by atoms with Gasteiger partial charge in [-0.25, -0.2) is 15.0 Å². The lowest BCUT2D eigenvalue weighted by molar-refractivity contribution is 0.782. The van der Waals surface area contributed by atoms with Crippen LogP contribution in [0.5, 0.6) is 0 Å². The number of nitriles is 1. The summed E-state index contributed by atoms with van der Waals surface area (Å²) in [5.74, 6) is 1.01. The molecule has 0 fully saturated rings. The molecule has 0 radical (unpaired) electrons. The average molecular weight is 274 g/mol. The third-order valence-corrected chi connectivity index (χ3v) is 3.29. The van der Waals surface area contributed by atoms with Gasteiger partial charge in [0.2, 0.25) is 0 Å². The predicted octanol–water partition coefficient (Wildman–Crippen LogP) is 3.69. The quantitative estimate of drug-likeness (QED) is 0.715. The van der Waals surface area contributed by atoms with Crippen LogP contribution in [0.3, 0.4) is 0 Å². The smallest absolute Gasteiger partial charge is 0.163 e. The molecule has 2 aromatic heterocycles. The molecule has 1 aromatic carbocycles. The number of fused-ring (bicyclic) bond motifs is 1. The van der Waals surface area contributed by atoms with E-state index < -0.39 is 0 Å². The largest absolute Gasteiger partial charge is 0.237 e. The van der Waals surface area contributed by atoms with Gasteiger partial charge >= 0.3 is 0 Å². The lowest BCUT2D eigenvalue weighted by Gasteiger charge is -2.10. The molecule has 3 aromatic rings. The topological polar surface area (TPSA) is 62.5 Å². The summed E-state index contributed by atoms with van der Waals surface area (Å²) in [5, 5.41) is 9.82. The van der Waals surface area contributed by atoms with Crippen molar-refractivity contribution in [3.8, 4) is 17.3 Å². The van der Waals surface area contributed by atoms with E-state index in [0.717, 1.165) is 22.5 Å². The fourth-order valence-electron chi connectivity index (χ4n) is 2.16. The second kappa shape index (κ2) is 5.29. The standard InChI is InChI=1S/C17H14N4/c1-11(2)16-20-15(13-7-5-12(10-18)6-8-13)14-4-3-9-19-17(14)21-16/h3-9,11H,1-2H3. The summed E-state index contributed by atoms with van der Waals surface area (Å²) in [4.78, 5) is 13.6. The van der Waals surface area contributed by atoms with Crippen LogP contribution in [-0.2, 0) is 0 Å². The number of hydrogen-bond acceptors (Lipinski definition) is 4. The normalized spacial score (nSPS) is 10.8. The Labute approximate surface area is 123 Å². The first-order valence-electron chi connectivity index (χ1n) is 6.82. The van der Waals surface area contributed by atoms with E-state index in [1.54, 1.807) is 18.3 Å². The number of rotatable bonds is 2. The van der Waals surface area contributed by atoms with Crippen molar-refractivity contribution in [2.24, 2.45) is 0 Å². The minimum Gasteiger partial charge on any atom is -0.237 e. The molecule has 4 nitrogen and oxygen atoms in total. The van der Waals surface area contributed by atoms with Crippen molar-refractivity contribution < 1.29 is 0 Å². The summed E-state index contributed by atoms with van der Waals surface area (Å²) in [7, 11) is 0. The van der Waals surface area contributed by atoms with Crippen LogP contribution < -0.4 is 0 Å². The molecule has 0 N–H and O–H groups in total. The van der Waals surface area contributed by atoms with Crippen molar-refractivity contribution >= 4 is 11.0 Å². The third-order valence-electron chi connectivity index (χ3n) is 3.29. The van der Waals surface area contributed by atoms with Gasteiger partial charge in [-0.3, -0.25) is 0 Å². The highest BCUT2D eigenvalue weighted by molar-refractivity contribution is 5.90. The summed E-state index contributed by atoms with van der Waals surface area (Å²) in [5.41, 5.74) is 3.17. The van der Waals surface area contributed by atoms with Crippen molar-refractivity contribution in [1.29, 1.82) is 5.26 Å². The second-order valence-electron chi connectivity index (χ2n) is 5.15. The van der Waals surface area contributed by atoms with Gasteiger partial charge in [-0.15, -0.1) is 0 Å².